The molecule has 0 aromatic rings. The molecule has 118 valence electrons. The van der Waals surface area contributed by atoms with Gasteiger partial charge >= 0.3 is 0 Å². The molecule has 6 atom stereocenters. The zero-order valence-electron chi connectivity index (χ0n) is 13.6. The Hall–Kier alpha value is -0.340. The van der Waals surface area contributed by atoms with Crippen LogP contribution in [-0.2, 0) is 0 Å². The molecule has 0 bridgehead atoms. The van der Waals surface area contributed by atoms with Crippen LogP contribution >= 0.6 is 0 Å². The molecule has 0 saturated heterocycles. The fourth-order valence-corrected chi connectivity index (χ4v) is 6.45. The van der Waals surface area contributed by atoms with Gasteiger partial charge in [0.05, 0.1) is 12.2 Å². The Kier molecular flexibility index (Phi) is 3.11. The summed E-state index contributed by atoms with van der Waals surface area (Å²) < 4.78 is 0. The molecule has 3 unspecified atom stereocenters. The Labute approximate surface area is 128 Å². The molecule has 0 amide bonds. The van der Waals surface area contributed by atoms with Crippen molar-refractivity contribution in [1.29, 1.82) is 0 Å². The molecule has 2 heteroatoms. The smallest absolute Gasteiger partial charge is 0.0634 e. The lowest BCUT2D eigenvalue weighted by Crippen LogP contribution is -2.48. The maximum atomic E-state index is 10.4. The first kappa shape index (κ1) is 14.3. The second-order valence-corrected chi connectivity index (χ2v) is 8.74. The standard InChI is InChI=1S/C19H30O2/c1-18-9-7-13(20)11-12(18)3-4-14-15-5-6-17(21)19(15,2)10-8-16(14)18/h12-13,16-17,20-21H,3-11H2,1-2H3/t12?,13?,16-,17?,18-,19-/m0/s1. The van der Waals surface area contributed by atoms with Gasteiger partial charge in [-0.1, -0.05) is 25.0 Å². The highest BCUT2D eigenvalue weighted by Crippen LogP contribution is 2.63. The fourth-order valence-electron chi connectivity index (χ4n) is 6.45. The summed E-state index contributed by atoms with van der Waals surface area (Å²) in [6, 6.07) is 0. The monoisotopic (exact) mass is 290 g/mol. The molecule has 21 heavy (non-hydrogen) atoms. The molecular formula is C19H30O2. The molecule has 0 aromatic carbocycles. The van der Waals surface area contributed by atoms with Crippen LogP contribution in [0.4, 0.5) is 0 Å². The fraction of sp³-hybridized carbons (Fsp3) is 0.895. The van der Waals surface area contributed by atoms with E-state index in [2.05, 4.69) is 13.8 Å². The van der Waals surface area contributed by atoms with Gasteiger partial charge in [-0.15, -0.1) is 0 Å². The molecule has 0 aliphatic heterocycles. The summed E-state index contributed by atoms with van der Waals surface area (Å²) in [7, 11) is 0. The third-order valence-corrected chi connectivity index (χ3v) is 7.92. The summed E-state index contributed by atoms with van der Waals surface area (Å²) in [4.78, 5) is 0. The SMILES string of the molecule is C[C@]12CC[C@H]3C(=C1CCC2O)CCC1CC(O)CC[C@@]13C. The summed E-state index contributed by atoms with van der Waals surface area (Å²) in [5.74, 6) is 1.45. The maximum absolute atomic E-state index is 10.4. The minimum absolute atomic E-state index is 0.0561. The number of rotatable bonds is 0. The van der Waals surface area contributed by atoms with Gasteiger partial charge in [-0.25, -0.2) is 0 Å². The van der Waals surface area contributed by atoms with E-state index in [0.717, 1.165) is 31.6 Å². The van der Waals surface area contributed by atoms with Crippen LogP contribution in [-0.4, -0.2) is 22.4 Å². The number of aliphatic hydroxyl groups is 2. The van der Waals surface area contributed by atoms with Gasteiger partial charge in [0, 0.05) is 5.41 Å². The van der Waals surface area contributed by atoms with Crippen molar-refractivity contribution in [1.82, 2.24) is 0 Å². The van der Waals surface area contributed by atoms with E-state index in [-0.39, 0.29) is 17.6 Å². The molecule has 0 heterocycles. The number of aliphatic hydroxyl groups excluding tert-OH is 2. The van der Waals surface area contributed by atoms with E-state index in [9.17, 15) is 10.2 Å². The van der Waals surface area contributed by atoms with Gasteiger partial charge in [-0.05, 0) is 75.0 Å². The number of hydrogen-bond donors (Lipinski definition) is 2. The predicted octanol–water partition coefficient (Wildman–Crippen LogP) is 3.82. The van der Waals surface area contributed by atoms with Crippen molar-refractivity contribution in [3.63, 3.8) is 0 Å². The zero-order valence-corrected chi connectivity index (χ0v) is 13.6. The van der Waals surface area contributed by atoms with Crippen molar-refractivity contribution in [3.05, 3.63) is 11.1 Å². The van der Waals surface area contributed by atoms with E-state index >= 15 is 0 Å². The van der Waals surface area contributed by atoms with Crippen molar-refractivity contribution in [2.75, 3.05) is 0 Å². The van der Waals surface area contributed by atoms with Crippen LogP contribution in [0.25, 0.3) is 0 Å². The molecule has 2 nitrogen and oxygen atoms in total. The van der Waals surface area contributed by atoms with Gasteiger partial charge in [-0.2, -0.15) is 0 Å². The van der Waals surface area contributed by atoms with Crippen molar-refractivity contribution >= 4 is 0 Å². The molecule has 4 aliphatic carbocycles. The minimum Gasteiger partial charge on any atom is -0.393 e. The first-order valence-electron chi connectivity index (χ1n) is 9.03. The van der Waals surface area contributed by atoms with E-state index in [4.69, 9.17) is 0 Å². The molecule has 4 rings (SSSR count). The van der Waals surface area contributed by atoms with Crippen LogP contribution in [0.1, 0.15) is 71.6 Å². The average molecular weight is 290 g/mol. The highest BCUT2D eigenvalue weighted by atomic mass is 16.3. The van der Waals surface area contributed by atoms with E-state index in [1.165, 1.54) is 32.1 Å². The van der Waals surface area contributed by atoms with Gasteiger partial charge in [0.2, 0.25) is 0 Å². The van der Waals surface area contributed by atoms with E-state index < -0.39 is 0 Å². The van der Waals surface area contributed by atoms with Crippen molar-refractivity contribution in [2.24, 2.45) is 22.7 Å². The third kappa shape index (κ3) is 1.84. The third-order valence-electron chi connectivity index (χ3n) is 7.92. The Morgan fingerprint density at radius 2 is 1.76 bits per heavy atom. The van der Waals surface area contributed by atoms with Crippen LogP contribution in [0.3, 0.4) is 0 Å². The van der Waals surface area contributed by atoms with Gasteiger partial charge < -0.3 is 10.2 Å². The Morgan fingerprint density at radius 3 is 2.57 bits per heavy atom. The Balaban J connectivity index is 1.73. The van der Waals surface area contributed by atoms with Gasteiger partial charge in [0.15, 0.2) is 0 Å². The molecule has 3 fully saturated rings. The van der Waals surface area contributed by atoms with Crippen LogP contribution in [0.2, 0.25) is 0 Å². The van der Waals surface area contributed by atoms with E-state index in [0.29, 0.717) is 11.3 Å². The average Bonchev–Trinajstić information content (AvgIpc) is 2.76. The number of fused-ring (bicyclic) bond motifs is 4. The summed E-state index contributed by atoms with van der Waals surface area (Å²) >= 11 is 0. The lowest BCUT2D eigenvalue weighted by molar-refractivity contribution is -0.0405. The topological polar surface area (TPSA) is 40.5 Å². The maximum Gasteiger partial charge on any atom is 0.0634 e. The molecular weight excluding hydrogens is 260 g/mol. The first-order valence-corrected chi connectivity index (χ1v) is 9.03. The first-order chi connectivity index (χ1) is 9.95. The van der Waals surface area contributed by atoms with Crippen molar-refractivity contribution in [3.8, 4) is 0 Å². The predicted molar refractivity (Wildman–Crippen MR) is 83.8 cm³/mol. The number of hydrogen-bond acceptors (Lipinski definition) is 2. The van der Waals surface area contributed by atoms with Crippen LogP contribution < -0.4 is 0 Å². The molecule has 0 radical (unpaired) electrons. The lowest BCUT2D eigenvalue weighted by Gasteiger charge is -2.56. The summed E-state index contributed by atoms with van der Waals surface area (Å²) in [6.07, 6.45) is 10.1. The molecule has 4 aliphatic rings. The van der Waals surface area contributed by atoms with Crippen LogP contribution in [0.15, 0.2) is 11.1 Å². The largest absolute Gasteiger partial charge is 0.393 e. The van der Waals surface area contributed by atoms with E-state index in [1.54, 1.807) is 11.1 Å². The highest BCUT2D eigenvalue weighted by molar-refractivity contribution is 5.34. The lowest BCUT2D eigenvalue weighted by atomic mass is 9.49. The van der Waals surface area contributed by atoms with Crippen LogP contribution in [0.5, 0.6) is 0 Å². The summed E-state index contributed by atoms with van der Waals surface area (Å²) in [5, 5.41) is 20.5. The highest BCUT2D eigenvalue weighted by Gasteiger charge is 2.54. The van der Waals surface area contributed by atoms with Gasteiger partial charge in [-0.3, -0.25) is 0 Å². The Morgan fingerprint density at radius 1 is 0.952 bits per heavy atom. The van der Waals surface area contributed by atoms with Crippen molar-refractivity contribution in [2.45, 2.75) is 83.8 Å². The van der Waals surface area contributed by atoms with Gasteiger partial charge in [0.25, 0.3) is 0 Å². The second-order valence-electron chi connectivity index (χ2n) is 8.74. The Bertz CT molecular complexity index is 482. The molecule has 0 spiro atoms. The minimum atomic E-state index is -0.111. The van der Waals surface area contributed by atoms with Crippen molar-refractivity contribution < 1.29 is 10.2 Å². The second kappa shape index (κ2) is 4.58. The summed E-state index contributed by atoms with van der Waals surface area (Å²) in [5.41, 5.74) is 3.87. The normalized spacial score (nSPS) is 53.1. The molecule has 2 N–H and O–H groups in total. The summed E-state index contributed by atoms with van der Waals surface area (Å²) in [6.45, 7) is 4.81. The van der Waals surface area contributed by atoms with E-state index in [1.807, 2.05) is 0 Å². The number of allylic oxidation sites excluding steroid dienone is 1. The zero-order chi connectivity index (χ0) is 14.8. The van der Waals surface area contributed by atoms with Gasteiger partial charge in [0.1, 0.15) is 0 Å². The quantitative estimate of drug-likeness (QED) is 0.666. The molecule has 0 aromatic heterocycles. The van der Waals surface area contributed by atoms with Crippen LogP contribution in [0, 0.1) is 22.7 Å². The molecule has 3 saturated carbocycles.